The molecule has 3 aromatic carbocycles. The van der Waals surface area contributed by atoms with Gasteiger partial charge in [-0.2, -0.15) is 0 Å². The number of likely N-dealkylation sites (tertiary alicyclic amines) is 1. The molecule has 0 bridgehead atoms. The predicted molar refractivity (Wildman–Crippen MR) is 166 cm³/mol. The molecule has 0 spiro atoms. The highest BCUT2D eigenvalue weighted by molar-refractivity contribution is 7.92. The number of nitrogens with one attached hydrogen (secondary N) is 2. The van der Waals surface area contributed by atoms with Gasteiger partial charge in [-0.15, -0.1) is 0 Å². The number of nitrogens with zero attached hydrogens (tertiary/aromatic N) is 2. The van der Waals surface area contributed by atoms with Crippen molar-refractivity contribution in [2.45, 2.75) is 31.8 Å². The Hall–Kier alpha value is -3.31. The molecule has 2 N–H and O–H groups in total. The maximum absolute atomic E-state index is 13.7. The van der Waals surface area contributed by atoms with Crippen LogP contribution in [-0.4, -0.2) is 63.7 Å². The fourth-order valence-corrected chi connectivity index (χ4v) is 6.26. The van der Waals surface area contributed by atoms with E-state index in [1.165, 1.54) is 11.0 Å². The molecule has 222 valence electrons. The lowest BCUT2D eigenvalue weighted by Gasteiger charge is -2.34. The Morgan fingerprint density at radius 1 is 1.02 bits per heavy atom. The Bertz CT molecular complexity index is 1590. The summed E-state index contributed by atoms with van der Waals surface area (Å²) in [6.07, 6.45) is 3.32. The molecule has 9 nitrogen and oxygen atoms in total. The largest absolute Gasteiger partial charge is 0.482 e. The molecule has 2 unspecified atom stereocenters. The first-order chi connectivity index (χ1) is 20.0. The van der Waals surface area contributed by atoms with E-state index in [9.17, 15) is 18.0 Å². The van der Waals surface area contributed by atoms with Crippen LogP contribution in [0, 0.1) is 0 Å². The van der Waals surface area contributed by atoms with E-state index in [0.29, 0.717) is 28.7 Å². The fourth-order valence-electron chi connectivity index (χ4n) is 5.38. The SMILES string of the molecule is CC(C(=O)NC(CN1CCCC1)c1ccc(-c2ccccc2NS(C)(=O)=O)cc1)N1C(=O)COc2cc(Cl)c(Cl)cc21. The highest BCUT2D eigenvalue weighted by atomic mass is 35.5. The Kier molecular flexibility index (Phi) is 8.98. The summed E-state index contributed by atoms with van der Waals surface area (Å²) in [6.45, 7) is 3.96. The number of anilines is 2. The van der Waals surface area contributed by atoms with Crippen molar-refractivity contribution in [1.29, 1.82) is 0 Å². The topological polar surface area (TPSA) is 108 Å². The number of hydrogen-bond acceptors (Lipinski definition) is 6. The first-order valence-corrected chi connectivity index (χ1v) is 16.3. The van der Waals surface area contributed by atoms with E-state index < -0.39 is 16.1 Å². The number of carbonyl (C=O) groups is 2. The summed E-state index contributed by atoms with van der Waals surface area (Å²) in [5.41, 5.74) is 3.34. The van der Waals surface area contributed by atoms with Crippen LogP contribution in [0.15, 0.2) is 60.7 Å². The Labute approximate surface area is 255 Å². The number of carbonyl (C=O) groups excluding carboxylic acids is 2. The number of para-hydroxylation sites is 1. The molecule has 12 heteroatoms. The van der Waals surface area contributed by atoms with Gasteiger partial charge in [0.15, 0.2) is 6.61 Å². The third kappa shape index (κ3) is 6.83. The van der Waals surface area contributed by atoms with Crippen LogP contribution in [-0.2, 0) is 19.6 Å². The van der Waals surface area contributed by atoms with Gasteiger partial charge in [-0.3, -0.25) is 19.2 Å². The van der Waals surface area contributed by atoms with Gasteiger partial charge in [-0.1, -0.05) is 65.7 Å². The predicted octanol–water partition coefficient (Wildman–Crippen LogP) is 5.10. The smallest absolute Gasteiger partial charge is 0.265 e. The number of sulfonamides is 1. The number of hydrogen-bond donors (Lipinski definition) is 2. The first-order valence-electron chi connectivity index (χ1n) is 13.6. The average Bonchev–Trinajstić information content (AvgIpc) is 3.46. The molecule has 2 amide bonds. The van der Waals surface area contributed by atoms with Crippen LogP contribution in [0.5, 0.6) is 5.75 Å². The maximum atomic E-state index is 13.7. The molecule has 2 aliphatic heterocycles. The van der Waals surface area contributed by atoms with Crippen LogP contribution in [0.2, 0.25) is 10.0 Å². The van der Waals surface area contributed by atoms with Crippen molar-refractivity contribution in [3.05, 3.63) is 76.3 Å². The monoisotopic (exact) mass is 630 g/mol. The summed E-state index contributed by atoms with van der Waals surface area (Å²) in [5, 5.41) is 3.72. The maximum Gasteiger partial charge on any atom is 0.265 e. The van der Waals surface area contributed by atoms with E-state index in [2.05, 4.69) is 14.9 Å². The highest BCUT2D eigenvalue weighted by Crippen LogP contribution is 2.40. The first kappa shape index (κ1) is 30.2. The lowest BCUT2D eigenvalue weighted by Crippen LogP contribution is -2.52. The minimum absolute atomic E-state index is 0.211. The Balaban J connectivity index is 1.40. The summed E-state index contributed by atoms with van der Waals surface area (Å²) >= 11 is 12.4. The Morgan fingerprint density at radius 3 is 2.38 bits per heavy atom. The summed E-state index contributed by atoms with van der Waals surface area (Å²) in [6, 6.07) is 16.8. The molecule has 0 saturated carbocycles. The molecule has 1 fully saturated rings. The summed E-state index contributed by atoms with van der Waals surface area (Å²) in [5.74, 6) is -0.290. The molecule has 0 aromatic heterocycles. The summed E-state index contributed by atoms with van der Waals surface area (Å²) < 4.78 is 31.9. The van der Waals surface area contributed by atoms with Crippen molar-refractivity contribution in [3.8, 4) is 16.9 Å². The van der Waals surface area contributed by atoms with Crippen molar-refractivity contribution in [3.63, 3.8) is 0 Å². The van der Waals surface area contributed by atoms with Crippen LogP contribution >= 0.6 is 23.2 Å². The molecule has 2 aliphatic rings. The van der Waals surface area contributed by atoms with Crippen LogP contribution < -0.4 is 19.7 Å². The van der Waals surface area contributed by atoms with Crippen molar-refractivity contribution in [1.82, 2.24) is 10.2 Å². The van der Waals surface area contributed by atoms with Gasteiger partial charge >= 0.3 is 0 Å². The molecule has 1 saturated heterocycles. The summed E-state index contributed by atoms with van der Waals surface area (Å²) in [4.78, 5) is 30.3. The standard InChI is InChI=1S/C30H32Cl2N4O5S/c1-19(36-27-15-23(31)24(32)16-28(27)41-18-29(36)37)30(38)33-26(17-35-13-5-6-14-35)21-11-9-20(10-12-21)22-7-3-4-8-25(22)34-42(2,39)40/h3-4,7-12,15-16,19,26,34H,5-6,13-14,17-18H2,1-2H3,(H,33,38). The fraction of sp³-hybridized carbons (Fsp3) is 0.333. The van der Waals surface area contributed by atoms with Gasteiger partial charge in [0.1, 0.15) is 11.8 Å². The van der Waals surface area contributed by atoms with E-state index in [4.69, 9.17) is 27.9 Å². The van der Waals surface area contributed by atoms with Gasteiger partial charge in [-0.05, 0) is 56.1 Å². The number of ether oxygens (including phenoxy) is 1. The van der Waals surface area contributed by atoms with Gasteiger partial charge in [0.05, 0.1) is 33.7 Å². The van der Waals surface area contributed by atoms with Gasteiger partial charge in [0.25, 0.3) is 5.91 Å². The van der Waals surface area contributed by atoms with E-state index >= 15 is 0 Å². The zero-order chi connectivity index (χ0) is 30.0. The minimum atomic E-state index is -3.45. The lowest BCUT2D eigenvalue weighted by molar-refractivity contribution is -0.128. The average molecular weight is 632 g/mol. The molecule has 5 rings (SSSR count). The van der Waals surface area contributed by atoms with Gasteiger partial charge in [0, 0.05) is 18.2 Å². The zero-order valence-electron chi connectivity index (χ0n) is 23.3. The lowest BCUT2D eigenvalue weighted by atomic mass is 9.99. The molecule has 0 radical (unpaired) electrons. The van der Waals surface area contributed by atoms with Gasteiger partial charge < -0.3 is 15.0 Å². The van der Waals surface area contributed by atoms with Gasteiger partial charge in [-0.25, -0.2) is 8.42 Å². The number of benzene rings is 3. The second kappa shape index (κ2) is 12.5. The van der Waals surface area contributed by atoms with Crippen LogP contribution in [0.25, 0.3) is 11.1 Å². The van der Waals surface area contributed by atoms with Crippen molar-refractivity contribution in [2.24, 2.45) is 0 Å². The third-order valence-electron chi connectivity index (χ3n) is 7.45. The van der Waals surface area contributed by atoms with Crippen LogP contribution in [0.4, 0.5) is 11.4 Å². The van der Waals surface area contributed by atoms with Crippen LogP contribution in [0.3, 0.4) is 0 Å². The van der Waals surface area contributed by atoms with E-state index in [1.54, 1.807) is 25.1 Å². The number of fused-ring (bicyclic) bond motifs is 1. The molecule has 2 heterocycles. The molecular weight excluding hydrogens is 599 g/mol. The van der Waals surface area contributed by atoms with Crippen LogP contribution in [0.1, 0.15) is 31.4 Å². The zero-order valence-corrected chi connectivity index (χ0v) is 25.6. The minimum Gasteiger partial charge on any atom is -0.482 e. The molecule has 2 atom stereocenters. The van der Waals surface area contributed by atoms with E-state index in [1.807, 2.05) is 36.4 Å². The number of amides is 2. The Morgan fingerprint density at radius 2 is 1.69 bits per heavy atom. The quantitative estimate of drug-likeness (QED) is 0.341. The van der Waals surface area contributed by atoms with Gasteiger partial charge in [0.2, 0.25) is 15.9 Å². The highest BCUT2D eigenvalue weighted by Gasteiger charge is 2.35. The third-order valence-corrected chi connectivity index (χ3v) is 8.76. The normalized spacial score (nSPS) is 16.9. The summed E-state index contributed by atoms with van der Waals surface area (Å²) in [7, 11) is -3.45. The van der Waals surface area contributed by atoms with E-state index in [-0.39, 0.29) is 29.5 Å². The molecule has 42 heavy (non-hydrogen) atoms. The van der Waals surface area contributed by atoms with E-state index in [0.717, 1.165) is 48.9 Å². The molecular formula is C30H32Cl2N4O5S. The van der Waals surface area contributed by atoms with Crippen molar-refractivity contribution >= 4 is 56.4 Å². The van der Waals surface area contributed by atoms with Crippen molar-refractivity contribution in [2.75, 3.05) is 42.1 Å². The number of rotatable bonds is 9. The second-order valence-corrected chi connectivity index (χ2v) is 13.1. The molecule has 0 aliphatic carbocycles. The second-order valence-electron chi connectivity index (χ2n) is 10.6. The van der Waals surface area contributed by atoms with Crippen molar-refractivity contribution < 1.29 is 22.7 Å². The number of halogens is 2. The molecule has 3 aromatic rings.